The Labute approximate surface area is 142 Å². The highest BCUT2D eigenvalue weighted by molar-refractivity contribution is 7.19. The van der Waals surface area contributed by atoms with E-state index >= 15 is 0 Å². The highest BCUT2D eigenvalue weighted by Gasteiger charge is 2.11. The molecular formula is C16H13N7S. The fraction of sp³-hybridized carbons (Fsp3) is 0.0625. The van der Waals surface area contributed by atoms with E-state index in [0.717, 1.165) is 27.1 Å². The van der Waals surface area contributed by atoms with E-state index in [1.165, 1.54) is 0 Å². The average molecular weight is 335 g/mol. The Bertz CT molecular complexity index is 948. The Morgan fingerprint density at radius 2 is 2.04 bits per heavy atom. The number of rotatable bonds is 4. The van der Waals surface area contributed by atoms with Gasteiger partial charge in [-0.05, 0) is 24.6 Å². The maximum absolute atomic E-state index is 4.57. The summed E-state index contributed by atoms with van der Waals surface area (Å²) in [6, 6.07) is 4.00. The maximum Gasteiger partial charge on any atom is 0.189 e. The first-order chi connectivity index (χ1) is 11.8. The predicted octanol–water partition coefficient (Wildman–Crippen LogP) is 3.23. The van der Waals surface area contributed by atoms with Crippen LogP contribution in [-0.4, -0.2) is 29.5 Å². The molecule has 0 fully saturated rings. The molecule has 0 radical (unpaired) electrons. The number of anilines is 2. The fourth-order valence-electron chi connectivity index (χ4n) is 2.29. The Morgan fingerprint density at radius 3 is 2.83 bits per heavy atom. The predicted molar refractivity (Wildman–Crippen MR) is 92.5 cm³/mol. The summed E-state index contributed by atoms with van der Waals surface area (Å²) in [6.07, 6.45) is 12.1. The molecule has 0 aliphatic carbocycles. The lowest BCUT2D eigenvalue weighted by atomic mass is 10.2. The van der Waals surface area contributed by atoms with Crippen molar-refractivity contribution in [3.05, 3.63) is 61.3 Å². The summed E-state index contributed by atoms with van der Waals surface area (Å²) in [4.78, 5) is 22.4. The largest absolute Gasteiger partial charge is 0.315 e. The lowest BCUT2D eigenvalue weighted by Gasteiger charge is -2.03. The van der Waals surface area contributed by atoms with Gasteiger partial charge in [-0.3, -0.25) is 9.55 Å². The summed E-state index contributed by atoms with van der Waals surface area (Å²) in [6.45, 7) is 1.99. The van der Waals surface area contributed by atoms with E-state index in [1.807, 2.05) is 29.8 Å². The van der Waals surface area contributed by atoms with Gasteiger partial charge in [0.25, 0.3) is 0 Å². The highest BCUT2D eigenvalue weighted by Crippen LogP contribution is 2.34. The Balaban J connectivity index is 1.66. The molecular weight excluding hydrogens is 322 g/mol. The number of hydrogen-bond acceptors (Lipinski definition) is 7. The number of thiazole rings is 1. The molecule has 0 spiro atoms. The second kappa shape index (κ2) is 6.17. The van der Waals surface area contributed by atoms with Crippen molar-refractivity contribution < 1.29 is 0 Å². The van der Waals surface area contributed by atoms with E-state index in [-0.39, 0.29) is 0 Å². The van der Waals surface area contributed by atoms with Crippen LogP contribution in [0.25, 0.3) is 16.3 Å². The van der Waals surface area contributed by atoms with Crippen LogP contribution in [0.2, 0.25) is 0 Å². The summed E-state index contributed by atoms with van der Waals surface area (Å²) >= 11 is 1.57. The van der Waals surface area contributed by atoms with Crippen LogP contribution in [0.3, 0.4) is 0 Å². The standard InChI is InChI=1S/C16H13N7S/c1-11-15(24-16(21-11)22-13-9-17-4-5-19-13)12-2-3-20-14(8-12)23-7-6-18-10-23/h2-10H,1H3,(H,19,21,22). The fourth-order valence-corrected chi connectivity index (χ4v) is 3.26. The van der Waals surface area contributed by atoms with Gasteiger partial charge >= 0.3 is 0 Å². The monoisotopic (exact) mass is 335 g/mol. The summed E-state index contributed by atoms with van der Waals surface area (Å²) in [5.74, 6) is 1.49. The van der Waals surface area contributed by atoms with Crippen LogP contribution in [0.4, 0.5) is 10.9 Å². The Kier molecular flexibility index (Phi) is 3.72. The number of pyridine rings is 1. The minimum absolute atomic E-state index is 0.673. The quantitative estimate of drug-likeness (QED) is 0.616. The lowest BCUT2D eigenvalue weighted by Crippen LogP contribution is -1.94. The molecule has 0 aliphatic heterocycles. The van der Waals surface area contributed by atoms with Crippen LogP contribution in [-0.2, 0) is 0 Å². The molecule has 8 heteroatoms. The molecule has 4 heterocycles. The number of aryl methyl sites for hydroxylation is 1. The molecule has 0 unspecified atom stereocenters. The summed E-state index contributed by atoms with van der Waals surface area (Å²) in [5, 5.41) is 3.96. The van der Waals surface area contributed by atoms with Crippen molar-refractivity contribution in [1.29, 1.82) is 0 Å². The molecule has 1 N–H and O–H groups in total. The minimum Gasteiger partial charge on any atom is -0.315 e. The molecule has 4 aromatic rings. The van der Waals surface area contributed by atoms with Gasteiger partial charge in [-0.15, -0.1) is 0 Å². The van der Waals surface area contributed by atoms with Gasteiger partial charge in [-0.25, -0.2) is 19.9 Å². The van der Waals surface area contributed by atoms with E-state index in [2.05, 4.69) is 30.2 Å². The highest BCUT2D eigenvalue weighted by atomic mass is 32.1. The molecule has 0 aromatic carbocycles. The van der Waals surface area contributed by atoms with Gasteiger partial charge in [-0.2, -0.15) is 0 Å². The molecule has 0 saturated heterocycles. The van der Waals surface area contributed by atoms with E-state index in [1.54, 1.807) is 48.6 Å². The smallest absolute Gasteiger partial charge is 0.189 e. The van der Waals surface area contributed by atoms with Gasteiger partial charge in [0.2, 0.25) is 0 Å². The minimum atomic E-state index is 0.673. The van der Waals surface area contributed by atoms with Crippen LogP contribution >= 0.6 is 11.3 Å². The van der Waals surface area contributed by atoms with E-state index < -0.39 is 0 Å². The third kappa shape index (κ3) is 2.86. The number of hydrogen-bond donors (Lipinski definition) is 1. The zero-order valence-electron chi connectivity index (χ0n) is 12.8. The van der Waals surface area contributed by atoms with Crippen molar-refractivity contribution in [2.24, 2.45) is 0 Å². The van der Waals surface area contributed by atoms with Gasteiger partial charge in [0.1, 0.15) is 12.1 Å². The molecule has 0 amide bonds. The van der Waals surface area contributed by atoms with Crippen molar-refractivity contribution in [2.45, 2.75) is 6.92 Å². The van der Waals surface area contributed by atoms with Crippen LogP contribution < -0.4 is 5.32 Å². The Morgan fingerprint density at radius 1 is 1.08 bits per heavy atom. The topological polar surface area (TPSA) is 81.4 Å². The number of aromatic nitrogens is 6. The van der Waals surface area contributed by atoms with Crippen LogP contribution in [0, 0.1) is 6.92 Å². The van der Waals surface area contributed by atoms with Crippen molar-refractivity contribution >= 4 is 22.3 Å². The van der Waals surface area contributed by atoms with Gasteiger partial charge in [0.05, 0.1) is 16.8 Å². The van der Waals surface area contributed by atoms with Gasteiger partial charge in [-0.1, -0.05) is 11.3 Å². The normalized spacial score (nSPS) is 10.7. The molecule has 0 atom stereocenters. The van der Waals surface area contributed by atoms with E-state index in [9.17, 15) is 0 Å². The zero-order valence-corrected chi connectivity index (χ0v) is 13.6. The van der Waals surface area contributed by atoms with Crippen molar-refractivity contribution in [3.8, 4) is 16.3 Å². The molecule has 4 aromatic heterocycles. The Hall–Kier alpha value is -3.13. The summed E-state index contributed by atoms with van der Waals surface area (Å²) in [5.41, 5.74) is 2.02. The maximum atomic E-state index is 4.57. The molecule has 0 aliphatic rings. The third-order valence-corrected chi connectivity index (χ3v) is 4.49. The SMILES string of the molecule is Cc1nc(Nc2cnccn2)sc1-c1ccnc(-n2ccnc2)c1. The van der Waals surface area contributed by atoms with Crippen molar-refractivity contribution in [3.63, 3.8) is 0 Å². The van der Waals surface area contributed by atoms with Gasteiger partial charge in [0.15, 0.2) is 10.9 Å². The number of nitrogens with zero attached hydrogens (tertiary/aromatic N) is 6. The van der Waals surface area contributed by atoms with Crippen LogP contribution in [0.5, 0.6) is 0 Å². The summed E-state index contributed by atoms with van der Waals surface area (Å²) < 4.78 is 1.87. The number of imidazole rings is 1. The van der Waals surface area contributed by atoms with E-state index in [4.69, 9.17) is 0 Å². The molecule has 7 nitrogen and oxygen atoms in total. The van der Waals surface area contributed by atoms with Crippen molar-refractivity contribution in [2.75, 3.05) is 5.32 Å². The molecule has 24 heavy (non-hydrogen) atoms. The lowest BCUT2D eigenvalue weighted by molar-refractivity contribution is 0.994. The van der Waals surface area contributed by atoms with E-state index in [0.29, 0.717) is 5.82 Å². The second-order valence-corrected chi connectivity index (χ2v) is 6.02. The zero-order chi connectivity index (χ0) is 16.4. The first-order valence-corrected chi connectivity index (χ1v) is 8.06. The molecule has 0 bridgehead atoms. The van der Waals surface area contributed by atoms with Crippen molar-refractivity contribution in [1.82, 2.24) is 29.5 Å². The van der Waals surface area contributed by atoms with Crippen LogP contribution in [0.1, 0.15) is 5.69 Å². The van der Waals surface area contributed by atoms with Crippen LogP contribution in [0.15, 0.2) is 55.6 Å². The molecule has 4 rings (SSSR count). The molecule has 0 saturated carbocycles. The average Bonchev–Trinajstić information content (AvgIpc) is 3.26. The first-order valence-electron chi connectivity index (χ1n) is 7.25. The first kappa shape index (κ1) is 14.5. The van der Waals surface area contributed by atoms with Gasteiger partial charge < -0.3 is 5.32 Å². The van der Waals surface area contributed by atoms with Gasteiger partial charge in [0, 0.05) is 31.0 Å². The number of nitrogens with one attached hydrogen (secondary N) is 1. The third-order valence-electron chi connectivity index (χ3n) is 3.37. The second-order valence-electron chi connectivity index (χ2n) is 5.02. The molecule has 118 valence electrons. The summed E-state index contributed by atoms with van der Waals surface area (Å²) in [7, 11) is 0.